The number of aromatic nitrogens is 2. The molecular formula is C15H12IN3S. The van der Waals surface area contributed by atoms with Gasteiger partial charge in [0.25, 0.3) is 0 Å². The molecule has 2 aromatic heterocycles. The Hall–Kier alpha value is -1.47. The van der Waals surface area contributed by atoms with Gasteiger partial charge in [-0.1, -0.05) is 30.3 Å². The molecule has 1 aromatic carbocycles. The molecule has 5 heteroatoms. The number of rotatable bonds is 2. The molecule has 3 nitrogen and oxygen atoms in total. The second-order valence-corrected chi connectivity index (χ2v) is 6.25. The predicted molar refractivity (Wildman–Crippen MR) is 92.6 cm³/mol. The molecule has 0 aliphatic rings. The van der Waals surface area contributed by atoms with Gasteiger partial charge >= 0.3 is 0 Å². The molecule has 0 spiro atoms. The molecule has 0 saturated heterocycles. The van der Waals surface area contributed by atoms with E-state index in [9.17, 15) is 0 Å². The van der Waals surface area contributed by atoms with E-state index in [1.807, 2.05) is 30.3 Å². The lowest BCUT2D eigenvalue weighted by Crippen LogP contribution is -2.02. The zero-order valence-electron chi connectivity index (χ0n) is 10.8. The number of benzene rings is 1. The maximum Gasteiger partial charge on any atom is 0.163 e. The Morgan fingerprint density at radius 3 is 2.50 bits per heavy atom. The number of hydrogen-bond acceptors (Lipinski definition) is 4. The van der Waals surface area contributed by atoms with Gasteiger partial charge in [-0.2, -0.15) is 11.3 Å². The normalized spacial score (nSPS) is 10.7. The predicted octanol–water partition coefficient (Wildman–Crippen LogP) is 4.37. The SMILES string of the molecule is Cc1cscc1-c1nc(N)c(I)c(-c2ccccc2)n1. The van der Waals surface area contributed by atoms with Gasteiger partial charge < -0.3 is 5.73 Å². The van der Waals surface area contributed by atoms with E-state index in [-0.39, 0.29) is 0 Å². The Morgan fingerprint density at radius 1 is 1.10 bits per heavy atom. The second kappa shape index (κ2) is 5.49. The molecule has 0 bridgehead atoms. The summed E-state index contributed by atoms with van der Waals surface area (Å²) in [6, 6.07) is 10.1. The lowest BCUT2D eigenvalue weighted by atomic mass is 10.1. The van der Waals surface area contributed by atoms with Crippen LogP contribution in [0.2, 0.25) is 0 Å². The Labute approximate surface area is 135 Å². The molecule has 20 heavy (non-hydrogen) atoms. The first kappa shape index (κ1) is 13.5. The van der Waals surface area contributed by atoms with Crippen LogP contribution in [-0.4, -0.2) is 9.97 Å². The van der Waals surface area contributed by atoms with E-state index in [0.717, 1.165) is 20.4 Å². The summed E-state index contributed by atoms with van der Waals surface area (Å²) in [5, 5.41) is 4.15. The van der Waals surface area contributed by atoms with Crippen LogP contribution < -0.4 is 5.73 Å². The van der Waals surface area contributed by atoms with Crippen molar-refractivity contribution in [2.75, 3.05) is 5.73 Å². The summed E-state index contributed by atoms with van der Waals surface area (Å²) in [6.45, 7) is 2.06. The maximum absolute atomic E-state index is 6.06. The van der Waals surface area contributed by atoms with E-state index in [0.29, 0.717) is 11.6 Å². The summed E-state index contributed by atoms with van der Waals surface area (Å²) in [4.78, 5) is 9.14. The molecule has 100 valence electrons. The van der Waals surface area contributed by atoms with E-state index in [2.05, 4.69) is 45.3 Å². The number of thiophene rings is 1. The summed E-state index contributed by atoms with van der Waals surface area (Å²) in [5.74, 6) is 1.22. The van der Waals surface area contributed by atoms with Gasteiger partial charge in [-0.3, -0.25) is 0 Å². The van der Waals surface area contributed by atoms with Gasteiger partial charge in [-0.25, -0.2) is 9.97 Å². The van der Waals surface area contributed by atoms with E-state index in [4.69, 9.17) is 10.7 Å². The molecule has 0 aliphatic carbocycles. The van der Waals surface area contributed by atoms with Gasteiger partial charge in [0.15, 0.2) is 5.82 Å². The minimum Gasteiger partial charge on any atom is -0.383 e. The van der Waals surface area contributed by atoms with Crippen molar-refractivity contribution in [1.82, 2.24) is 9.97 Å². The molecular weight excluding hydrogens is 381 g/mol. The van der Waals surface area contributed by atoms with Crippen molar-refractivity contribution in [3.05, 3.63) is 50.2 Å². The highest BCUT2D eigenvalue weighted by molar-refractivity contribution is 14.1. The Bertz CT molecular complexity index is 753. The minimum atomic E-state index is 0.528. The first-order valence-corrected chi connectivity index (χ1v) is 8.10. The average Bonchev–Trinajstić information content (AvgIpc) is 2.89. The molecule has 0 atom stereocenters. The monoisotopic (exact) mass is 393 g/mol. The number of nitrogen functional groups attached to an aromatic ring is 1. The third-order valence-corrected chi connectivity index (χ3v) is 4.95. The standard InChI is InChI=1S/C15H12IN3S/c1-9-7-20-8-11(9)15-18-13(12(16)14(17)19-15)10-5-3-2-4-6-10/h2-8H,1H3,(H2,17,18,19). The molecule has 0 fully saturated rings. The van der Waals surface area contributed by atoms with Crippen molar-refractivity contribution in [2.45, 2.75) is 6.92 Å². The topological polar surface area (TPSA) is 51.8 Å². The summed E-state index contributed by atoms with van der Waals surface area (Å²) in [6.07, 6.45) is 0. The number of anilines is 1. The second-order valence-electron chi connectivity index (χ2n) is 4.43. The highest BCUT2D eigenvalue weighted by Crippen LogP contribution is 2.31. The molecule has 3 aromatic rings. The molecule has 0 radical (unpaired) electrons. The number of nitrogens with zero attached hydrogens (tertiary/aromatic N) is 2. The number of halogens is 1. The van der Waals surface area contributed by atoms with Gasteiger partial charge in [0, 0.05) is 16.5 Å². The zero-order valence-corrected chi connectivity index (χ0v) is 13.8. The molecule has 3 rings (SSSR count). The number of hydrogen-bond donors (Lipinski definition) is 1. The fourth-order valence-corrected chi connectivity index (χ4v) is 3.34. The fourth-order valence-electron chi connectivity index (χ4n) is 1.96. The van der Waals surface area contributed by atoms with Gasteiger partial charge in [-0.05, 0) is 40.5 Å². The van der Waals surface area contributed by atoms with Crippen molar-refractivity contribution in [1.29, 1.82) is 0 Å². The number of nitrogens with two attached hydrogens (primary N) is 1. The van der Waals surface area contributed by atoms with Crippen molar-refractivity contribution in [3.8, 4) is 22.6 Å². The molecule has 0 saturated carbocycles. The van der Waals surface area contributed by atoms with Crippen LogP contribution in [0.15, 0.2) is 41.1 Å². The lowest BCUT2D eigenvalue weighted by molar-refractivity contribution is 1.17. The third-order valence-electron chi connectivity index (χ3n) is 3.02. The smallest absolute Gasteiger partial charge is 0.163 e. The molecule has 0 aliphatic heterocycles. The fraction of sp³-hybridized carbons (Fsp3) is 0.0667. The van der Waals surface area contributed by atoms with Crippen molar-refractivity contribution >= 4 is 39.7 Å². The Kier molecular flexibility index (Phi) is 3.71. The lowest BCUT2D eigenvalue weighted by Gasteiger charge is -2.09. The van der Waals surface area contributed by atoms with Crippen LogP contribution >= 0.6 is 33.9 Å². The first-order valence-electron chi connectivity index (χ1n) is 6.08. The molecule has 0 unspecified atom stereocenters. The van der Waals surface area contributed by atoms with Crippen LogP contribution in [0.5, 0.6) is 0 Å². The van der Waals surface area contributed by atoms with E-state index in [1.54, 1.807) is 11.3 Å². The van der Waals surface area contributed by atoms with Gasteiger partial charge in [-0.15, -0.1) is 0 Å². The van der Waals surface area contributed by atoms with Crippen LogP contribution in [0.1, 0.15) is 5.56 Å². The van der Waals surface area contributed by atoms with Crippen LogP contribution in [0.25, 0.3) is 22.6 Å². The largest absolute Gasteiger partial charge is 0.383 e. The highest BCUT2D eigenvalue weighted by Gasteiger charge is 2.14. The molecule has 2 heterocycles. The van der Waals surface area contributed by atoms with Crippen LogP contribution in [-0.2, 0) is 0 Å². The quantitative estimate of drug-likeness (QED) is 0.658. The first-order chi connectivity index (χ1) is 9.66. The van der Waals surface area contributed by atoms with Crippen LogP contribution in [0.3, 0.4) is 0 Å². The zero-order chi connectivity index (χ0) is 14.1. The summed E-state index contributed by atoms with van der Waals surface area (Å²) in [7, 11) is 0. The minimum absolute atomic E-state index is 0.528. The van der Waals surface area contributed by atoms with Crippen LogP contribution in [0, 0.1) is 10.5 Å². The summed E-state index contributed by atoms with van der Waals surface area (Å²) in [5.41, 5.74) is 10.2. The van der Waals surface area contributed by atoms with Crippen molar-refractivity contribution in [2.24, 2.45) is 0 Å². The van der Waals surface area contributed by atoms with Crippen molar-refractivity contribution < 1.29 is 0 Å². The Morgan fingerprint density at radius 2 is 1.85 bits per heavy atom. The summed E-state index contributed by atoms with van der Waals surface area (Å²) >= 11 is 3.85. The summed E-state index contributed by atoms with van der Waals surface area (Å²) < 4.78 is 0.894. The highest BCUT2D eigenvalue weighted by atomic mass is 127. The third kappa shape index (κ3) is 2.43. The Balaban J connectivity index is 2.21. The van der Waals surface area contributed by atoms with Crippen molar-refractivity contribution in [3.63, 3.8) is 0 Å². The van der Waals surface area contributed by atoms with Gasteiger partial charge in [0.1, 0.15) is 5.82 Å². The molecule has 2 N–H and O–H groups in total. The van der Waals surface area contributed by atoms with Gasteiger partial charge in [0.05, 0.1) is 9.26 Å². The van der Waals surface area contributed by atoms with E-state index >= 15 is 0 Å². The molecule has 0 amide bonds. The van der Waals surface area contributed by atoms with E-state index in [1.165, 1.54) is 5.56 Å². The average molecular weight is 393 g/mol. The maximum atomic E-state index is 6.06. The number of aryl methyl sites for hydroxylation is 1. The van der Waals surface area contributed by atoms with Crippen LogP contribution in [0.4, 0.5) is 5.82 Å². The van der Waals surface area contributed by atoms with E-state index < -0.39 is 0 Å². The van der Waals surface area contributed by atoms with Gasteiger partial charge in [0.2, 0.25) is 0 Å².